The number of amides is 1. The molecule has 0 saturated heterocycles. The first-order chi connectivity index (χ1) is 13.6. The molecule has 29 heavy (non-hydrogen) atoms. The molecule has 6 nitrogen and oxygen atoms in total. The maximum atomic E-state index is 13.5. The Morgan fingerprint density at radius 3 is 2.38 bits per heavy atom. The molecule has 0 radical (unpaired) electrons. The SMILES string of the molecule is CCn1c(C)c(C(=O)CN(C(=O)c2cccc(F)c2)C(C)C)c(C)c1C(=O)OC. The highest BCUT2D eigenvalue weighted by Gasteiger charge is 2.29. The van der Waals surface area contributed by atoms with Crippen LogP contribution in [-0.2, 0) is 11.3 Å². The van der Waals surface area contributed by atoms with Crippen molar-refractivity contribution in [2.45, 2.75) is 47.2 Å². The lowest BCUT2D eigenvalue weighted by molar-refractivity contribution is 0.0587. The molecule has 2 aromatic rings. The van der Waals surface area contributed by atoms with Gasteiger partial charge in [0.15, 0.2) is 5.78 Å². The van der Waals surface area contributed by atoms with Gasteiger partial charge in [-0.1, -0.05) is 6.07 Å². The number of rotatable bonds is 7. The number of Topliss-reactive ketones (excluding diaryl/α,β-unsaturated/α-hetero) is 1. The van der Waals surface area contributed by atoms with Crippen LogP contribution in [-0.4, -0.2) is 46.8 Å². The Morgan fingerprint density at radius 1 is 1.21 bits per heavy atom. The van der Waals surface area contributed by atoms with Gasteiger partial charge in [0, 0.05) is 29.4 Å². The van der Waals surface area contributed by atoms with E-state index in [-0.39, 0.29) is 23.9 Å². The standard InChI is InChI=1S/C22H27FN2O4/c1-7-24-15(5)19(14(4)20(24)22(28)29-6)18(26)12-25(13(2)3)21(27)16-9-8-10-17(23)11-16/h8-11,13H,7,12H2,1-6H3. The molecule has 0 unspecified atom stereocenters. The van der Waals surface area contributed by atoms with Crippen molar-refractivity contribution in [3.8, 4) is 0 Å². The lowest BCUT2D eigenvalue weighted by Crippen LogP contribution is -2.41. The molecule has 0 fully saturated rings. The third-order valence-corrected chi connectivity index (χ3v) is 5.01. The van der Waals surface area contributed by atoms with Crippen LogP contribution in [0.5, 0.6) is 0 Å². The first-order valence-electron chi connectivity index (χ1n) is 9.51. The first-order valence-corrected chi connectivity index (χ1v) is 9.51. The second-order valence-electron chi connectivity index (χ2n) is 7.13. The van der Waals surface area contributed by atoms with Gasteiger partial charge in [-0.2, -0.15) is 0 Å². The van der Waals surface area contributed by atoms with Crippen molar-refractivity contribution in [1.29, 1.82) is 0 Å². The van der Waals surface area contributed by atoms with Crippen molar-refractivity contribution in [1.82, 2.24) is 9.47 Å². The Kier molecular flexibility index (Phi) is 6.95. The average Bonchev–Trinajstić information content (AvgIpc) is 2.94. The summed E-state index contributed by atoms with van der Waals surface area (Å²) >= 11 is 0. The number of esters is 1. The fourth-order valence-corrected chi connectivity index (χ4v) is 3.57. The molecule has 0 aliphatic heterocycles. The van der Waals surface area contributed by atoms with Crippen molar-refractivity contribution in [2.75, 3.05) is 13.7 Å². The number of hydrogen-bond acceptors (Lipinski definition) is 4. The molecule has 1 amide bonds. The largest absolute Gasteiger partial charge is 0.464 e. The van der Waals surface area contributed by atoms with Gasteiger partial charge in [0.2, 0.25) is 0 Å². The highest BCUT2D eigenvalue weighted by atomic mass is 19.1. The van der Waals surface area contributed by atoms with Crippen LogP contribution in [0, 0.1) is 19.7 Å². The van der Waals surface area contributed by atoms with Crippen molar-refractivity contribution < 1.29 is 23.5 Å². The number of methoxy groups -OCH3 is 1. The topological polar surface area (TPSA) is 68.6 Å². The second kappa shape index (κ2) is 9.03. The van der Waals surface area contributed by atoms with Gasteiger partial charge in [-0.3, -0.25) is 9.59 Å². The lowest BCUT2D eigenvalue weighted by atomic mass is 10.0. The van der Waals surface area contributed by atoms with E-state index in [1.54, 1.807) is 32.3 Å². The predicted octanol–water partition coefficient (Wildman–Crippen LogP) is 3.78. The van der Waals surface area contributed by atoms with Crippen LogP contribution in [0.3, 0.4) is 0 Å². The van der Waals surface area contributed by atoms with E-state index in [1.807, 2.05) is 6.92 Å². The molecular formula is C22H27FN2O4. The van der Waals surface area contributed by atoms with Crippen LogP contribution >= 0.6 is 0 Å². The number of aromatic nitrogens is 1. The van der Waals surface area contributed by atoms with Gasteiger partial charge >= 0.3 is 5.97 Å². The Balaban J connectivity index is 2.42. The van der Waals surface area contributed by atoms with Crippen LogP contribution < -0.4 is 0 Å². The summed E-state index contributed by atoms with van der Waals surface area (Å²) in [5, 5.41) is 0. The number of nitrogens with zero attached hydrogens (tertiary/aromatic N) is 2. The summed E-state index contributed by atoms with van der Waals surface area (Å²) in [6, 6.07) is 5.12. The zero-order valence-corrected chi connectivity index (χ0v) is 17.7. The van der Waals surface area contributed by atoms with E-state index in [0.29, 0.717) is 29.1 Å². The highest BCUT2D eigenvalue weighted by Crippen LogP contribution is 2.24. The number of ketones is 1. The molecule has 0 atom stereocenters. The van der Waals surface area contributed by atoms with Crippen molar-refractivity contribution in [3.05, 3.63) is 58.2 Å². The Morgan fingerprint density at radius 2 is 1.86 bits per heavy atom. The number of carbonyl (C=O) groups excluding carboxylic acids is 3. The van der Waals surface area contributed by atoms with Crippen LogP contribution in [0.25, 0.3) is 0 Å². The quantitative estimate of drug-likeness (QED) is 0.522. The van der Waals surface area contributed by atoms with E-state index in [2.05, 4.69) is 0 Å². The van der Waals surface area contributed by atoms with Crippen LogP contribution in [0.2, 0.25) is 0 Å². The van der Waals surface area contributed by atoms with Gasteiger partial charge in [-0.25, -0.2) is 9.18 Å². The Hall–Kier alpha value is -2.96. The van der Waals surface area contributed by atoms with Gasteiger partial charge in [0.05, 0.1) is 13.7 Å². The van der Waals surface area contributed by atoms with Crippen molar-refractivity contribution >= 4 is 17.7 Å². The molecule has 0 saturated carbocycles. The van der Waals surface area contributed by atoms with Gasteiger partial charge < -0.3 is 14.2 Å². The van der Waals surface area contributed by atoms with Crippen molar-refractivity contribution in [3.63, 3.8) is 0 Å². The minimum atomic E-state index is -0.514. The summed E-state index contributed by atoms with van der Waals surface area (Å²) in [5.74, 6) is -1.73. The molecule has 0 aliphatic rings. The van der Waals surface area contributed by atoms with E-state index in [9.17, 15) is 18.8 Å². The third-order valence-electron chi connectivity index (χ3n) is 5.01. The molecule has 1 heterocycles. The molecule has 0 spiro atoms. The summed E-state index contributed by atoms with van der Waals surface area (Å²) in [6.07, 6.45) is 0. The van der Waals surface area contributed by atoms with Gasteiger partial charge in [-0.05, 0) is 58.4 Å². The van der Waals surface area contributed by atoms with Gasteiger partial charge in [0.1, 0.15) is 11.5 Å². The highest BCUT2D eigenvalue weighted by molar-refractivity contribution is 6.06. The Labute approximate surface area is 170 Å². The molecule has 156 valence electrons. The van der Waals surface area contributed by atoms with Crippen LogP contribution in [0.4, 0.5) is 4.39 Å². The molecule has 1 aromatic carbocycles. The maximum Gasteiger partial charge on any atom is 0.354 e. The Bertz CT molecular complexity index is 947. The molecular weight excluding hydrogens is 375 g/mol. The molecule has 0 bridgehead atoms. The smallest absolute Gasteiger partial charge is 0.354 e. The average molecular weight is 402 g/mol. The summed E-state index contributed by atoms with van der Waals surface area (Å²) < 4.78 is 20.1. The zero-order valence-electron chi connectivity index (χ0n) is 17.7. The third kappa shape index (κ3) is 4.39. The summed E-state index contributed by atoms with van der Waals surface area (Å²) in [4.78, 5) is 39.7. The van der Waals surface area contributed by atoms with E-state index >= 15 is 0 Å². The number of ether oxygens (including phenoxy) is 1. The van der Waals surface area contributed by atoms with E-state index < -0.39 is 17.7 Å². The first kappa shape index (κ1) is 22.3. The summed E-state index contributed by atoms with van der Waals surface area (Å²) in [5.41, 5.74) is 2.11. The number of carbonyl (C=O) groups is 3. The number of hydrogen-bond donors (Lipinski definition) is 0. The van der Waals surface area contributed by atoms with Crippen molar-refractivity contribution in [2.24, 2.45) is 0 Å². The molecule has 1 aromatic heterocycles. The minimum Gasteiger partial charge on any atom is -0.464 e. The molecule has 0 aliphatic carbocycles. The second-order valence-corrected chi connectivity index (χ2v) is 7.13. The zero-order chi connectivity index (χ0) is 21.9. The fourth-order valence-electron chi connectivity index (χ4n) is 3.57. The van der Waals surface area contributed by atoms with Gasteiger partial charge in [-0.15, -0.1) is 0 Å². The maximum absolute atomic E-state index is 13.5. The molecule has 2 rings (SSSR count). The number of benzene rings is 1. The van der Waals surface area contributed by atoms with Crippen LogP contribution in [0.1, 0.15) is 63.2 Å². The lowest BCUT2D eigenvalue weighted by Gasteiger charge is -2.26. The normalized spacial score (nSPS) is 10.9. The number of halogens is 1. The van der Waals surface area contributed by atoms with Crippen LogP contribution in [0.15, 0.2) is 24.3 Å². The summed E-state index contributed by atoms with van der Waals surface area (Å²) in [7, 11) is 1.30. The monoisotopic (exact) mass is 402 g/mol. The molecule has 0 N–H and O–H groups in total. The van der Waals surface area contributed by atoms with E-state index in [4.69, 9.17) is 4.74 Å². The fraction of sp³-hybridized carbons (Fsp3) is 0.409. The van der Waals surface area contributed by atoms with E-state index in [1.165, 1.54) is 30.2 Å². The summed E-state index contributed by atoms with van der Waals surface area (Å²) in [6.45, 7) is 9.25. The predicted molar refractivity (Wildman–Crippen MR) is 108 cm³/mol. The van der Waals surface area contributed by atoms with Gasteiger partial charge in [0.25, 0.3) is 5.91 Å². The van der Waals surface area contributed by atoms with E-state index in [0.717, 1.165) is 6.07 Å². The minimum absolute atomic E-state index is 0.178. The molecule has 7 heteroatoms.